The highest BCUT2D eigenvalue weighted by atomic mass is 19.4. The fraction of sp³-hybridized carbons (Fsp3) is 0.176. The van der Waals surface area contributed by atoms with Gasteiger partial charge >= 0.3 is 12.2 Å². The molecule has 0 amide bonds. The summed E-state index contributed by atoms with van der Waals surface area (Å²) < 4.78 is 42.0. The Kier molecular flexibility index (Phi) is 5.17. The van der Waals surface area contributed by atoms with Gasteiger partial charge in [-0.2, -0.15) is 23.0 Å². The van der Waals surface area contributed by atoms with Crippen molar-refractivity contribution in [2.75, 3.05) is 6.61 Å². The van der Waals surface area contributed by atoms with Gasteiger partial charge in [0.25, 0.3) is 5.56 Å². The smallest absolute Gasteiger partial charge is 0.422 e. The van der Waals surface area contributed by atoms with Crippen molar-refractivity contribution in [2.24, 2.45) is 0 Å². The predicted molar refractivity (Wildman–Crippen MR) is 88.3 cm³/mol. The van der Waals surface area contributed by atoms with Gasteiger partial charge < -0.3 is 9.84 Å². The highest BCUT2D eigenvalue weighted by molar-refractivity contribution is 5.56. The van der Waals surface area contributed by atoms with Gasteiger partial charge in [0.05, 0.1) is 18.0 Å². The maximum absolute atomic E-state index is 12.1. The summed E-state index contributed by atoms with van der Waals surface area (Å²) in [4.78, 5) is 19.5. The van der Waals surface area contributed by atoms with Crippen LogP contribution in [0.25, 0.3) is 16.9 Å². The second-order valence-corrected chi connectivity index (χ2v) is 5.45. The molecule has 0 saturated heterocycles. The molecule has 3 aromatic rings. The maximum Gasteiger partial charge on any atom is 0.422 e. The third kappa shape index (κ3) is 4.67. The standard InChI is InChI=1S/C17H13F3N4O3/c18-17(19,20)10-27-16-21-7-12(8-22-16)14-5-6-15(26)24(23-14)13-3-1-11(9-25)2-4-13/h1-8,25H,9-10H2. The monoisotopic (exact) mass is 378 g/mol. The van der Waals surface area contributed by atoms with Gasteiger partial charge in [0, 0.05) is 24.0 Å². The van der Waals surface area contributed by atoms with Crippen LogP contribution in [0.5, 0.6) is 6.01 Å². The molecule has 1 aromatic carbocycles. The van der Waals surface area contributed by atoms with Crippen LogP contribution >= 0.6 is 0 Å². The van der Waals surface area contributed by atoms with E-state index in [1.54, 1.807) is 24.3 Å². The molecule has 2 heterocycles. The lowest BCUT2D eigenvalue weighted by atomic mass is 10.2. The Balaban J connectivity index is 1.86. The van der Waals surface area contributed by atoms with Gasteiger partial charge in [0.15, 0.2) is 6.61 Å². The number of halogens is 3. The van der Waals surface area contributed by atoms with Crippen LogP contribution in [0, 0.1) is 0 Å². The summed E-state index contributed by atoms with van der Waals surface area (Å²) in [5.41, 5.74) is 1.55. The topological polar surface area (TPSA) is 90.1 Å². The van der Waals surface area contributed by atoms with Crippen molar-refractivity contribution in [2.45, 2.75) is 12.8 Å². The molecule has 2 aromatic heterocycles. The first-order valence-electron chi connectivity index (χ1n) is 7.68. The largest absolute Gasteiger partial charge is 0.454 e. The lowest BCUT2D eigenvalue weighted by Gasteiger charge is -2.09. The maximum atomic E-state index is 12.1. The van der Waals surface area contributed by atoms with E-state index in [0.29, 0.717) is 22.5 Å². The number of rotatable bonds is 5. The zero-order chi connectivity index (χ0) is 19.4. The van der Waals surface area contributed by atoms with Gasteiger partial charge in [-0.05, 0) is 23.8 Å². The van der Waals surface area contributed by atoms with Gasteiger partial charge in [-0.1, -0.05) is 12.1 Å². The molecule has 0 bridgehead atoms. The van der Waals surface area contributed by atoms with E-state index in [0.717, 1.165) is 4.68 Å². The van der Waals surface area contributed by atoms with Gasteiger partial charge in [0.1, 0.15) is 0 Å². The zero-order valence-electron chi connectivity index (χ0n) is 13.7. The molecule has 0 unspecified atom stereocenters. The van der Waals surface area contributed by atoms with E-state index in [9.17, 15) is 18.0 Å². The van der Waals surface area contributed by atoms with E-state index in [-0.39, 0.29) is 12.2 Å². The molecule has 0 fully saturated rings. The summed E-state index contributed by atoms with van der Waals surface area (Å²) in [5, 5.41) is 13.3. The van der Waals surface area contributed by atoms with Gasteiger partial charge in [-0.25, -0.2) is 9.97 Å². The second kappa shape index (κ2) is 7.54. The summed E-state index contributed by atoms with van der Waals surface area (Å²) in [5.74, 6) is 0. The molecule has 140 valence electrons. The summed E-state index contributed by atoms with van der Waals surface area (Å²) >= 11 is 0. The van der Waals surface area contributed by atoms with E-state index in [2.05, 4.69) is 19.8 Å². The van der Waals surface area contributed by atoms with Crippen LogP contribution in [0.3, 0.4) is 0 Å². The minimum absolute atomic E-state index is 0.122. The van der Waals surface area contributed by atoms with Crippen LogP contribution in [0.2, 0.25) is 0 Å². The summed E-state index contributed by atoms with van der Waals surface area (Å²) in [6.45, 7) is -1.61. The third-order valence-electron chi connectivity index (χ3n) is 3.45. The van der Waals surface area contributed by atoms with Crippen molar-refractivity contribution in [3.05, 3.63) is 64.7 Å². The fourth-order valence-electron chi connectivity index (χ4n) is 2.16. The Bertz CT molecular complexity index is 970. The minimum Gasteiger partial charge on any atom is -0.454 e. The van der Waals surface area contributed by atoms with E-state index in [1.807, 2.05) is 0 Å². The second-order valence-electron chi connectivity index (χ2n) is 5.45. The summed E-state index contributed by atoms with van der Waals surface area (Å²) in [6.07, 6.45) is -1.97. The van der Waals surface area contributed by atoms with Crippen LogP contribution in [0.4, 0.5) is 13.2 Å². The van der Waals surface area contributed by atoms with Crippen LogP contribution in [-0.4, -0.2) is 37.6 Å². The number of alkyl halides is 3. The number of aromatic nitrogens is 4. The Labute approximate surface area is 150 Å². The number of benzene rings is 1. The molecule has 7 nitrogen and oxygen atoms in total. The predicted octanol–water partition coefficient (Wildman–Crippen LogP) is 2.12. The van der Waals surface area contributed by atoms with Crippen molar-refractivity contribution in [3.8, 4) is 23.0 Å². The third-order valence-corrected chi connectivity index (χ3v) is 3.45. The lowest BCUT2D eigenvalue weighted by Crippen LogP contribution is -2.20. The highest BCUT2D eigenvalue weighted by Gasteiger charge is 2.28. The SMILES string of the molecule is O=c1ccc(-c2cnc(OCC(F)(F)F)nc2)nn1-c1ccc(CO)cc1. The molecule has 10 heteroatoms. The molecule has 1 N–H and O–H groups in total. The molecule has 0 saturated carbocycles. The number of ether oxygens (including phenoxy) is 1. The van der Waals surface area contributed by atoms with Gasteiger partial charge in [0.2, 0.25) is 0 Å². The van der Waals surface area contributed by atoms with E-state index in [1.165, 1.54) is 24.5 Å². The van der Waals surface area contributed by atoms with E-state index in [4.69, 9.17) is 5.11 Å². The first-order valence-corrected chi connectivity index (χ1v) is 7.68. The number of aliphatic hydroxyl groups excluding tert-OH is 1. The Hall–Kier alpha value is -3.27. The average molecular weight is 378 g/mol. The van der Waals surface area contributed by atoms with Crippen LogP contribution < -0.4 is 10.3 Å². The summed E-state index contributed by atoms with van der Waals surface area (Å²) in [6, 6.07) is 8.93. The van der Waals surface area contributed by atoms with E-state index < -0.39 is 18.8 Å². The van der Waals surface area contributed by atoms with Crippen LogP contribution in [0.15, 0.2) is 53.6 Å². The molecule has 27 heavy (non-hydrogen) atoms. The van der Waals surface area contributed by atoms with Crippen molar-refractivity contribution < 1.29 is 23.0 Å². The molecule has 0 radical (unpaired) electrons. The molecule has 0 aliphatic rings. The average Bonchev–Trinajstić information content (AvgIpc) is 2.67. The first-order chi connectivity index (χ1) is 12.9. The minimum atomic E-state index is -4.48. The number of nitrogens with zero attached hydrogens (tertiary/aromatic N) is 4. The molecule has 0 atom stereocenters. The van der Waals surface area contributed by atoms with Gasteiger partial charge in [-0.15, -0.1) is 0 Å². The zero-order valence-corrected chi connectivity index (χ0v) is 13.7. The van der Waals surface area contributed by atoms with Crippen LogP contribution in [0.1, 0.15) is 5.56 Å². The van der Waals surface area contributed by atoms with E-state index >= 15 is 0 Å². The molecular weight excluding hydrogens is 365 g/mol. The van der Waals surface area contributed by atoms with Crippen molar-refractivity contribution in [1.29, 1.82) is 0 Å². The number of hydrogen-bond donors (Lipinski definition) is 1. The number of aliphatic hydroxyl groups is 1. The Morgan fingerprint density at radius 1 is 1.04 bits per heavy atom. The van der Waals surface area contributed by atoms with Crippen molar-refractivity contribution >= 4 is 0 Å². The number of hydrogen-bond acceptors (Lipinski definition) is 6. The quantitative estimate of drug-likeness (QED) is 0.732. The van der Waals surface area contributed by atoms with Crippen LogP contribution in [-0.2, 0) is 6.61 Å². The van der Waals surface area contributed by atoms with Gasteiger partial charge in [-0.3, -0.25) is 4.79 Å². The Morgan fingerprint density at radius 2 is 1.70 bits per heavy atom. The lowest BCUT2D eigenvalue weighted by molar-refractivity contribution is -0.154. The molecule has 0 aliphatic carbocycles. The molecule has 0 spiro atoms. The highest BCUT2D eigenvalue weighted by Crippen LogP contribution is 2.18. The van der Waals surface area contributed by atoms with Crippen molar-refractivity contribution in [3.63, 3.8) is 0 Å². The fourth-order valence-corrected chi connectivity index (χ4v) is 2.16. The normalized spacial score (nSPS) is 11.4. The first kappa shape index (κ1) is 18.5. The summed E-state index contributed by atoms with van der Waals surface area (Å²) in [7, 11) is 0. The molecular formula is C17H13F3N4O3. The molecule has 3 rings (SSSR count). The molecule has 0 aliphatic heterocycles. The van der Waals surface area contributed by atoms with Crippen molar-refractivity contribution in [1.82, 2.24) is 19.7 Å². The Morgan fingerprint density at radius 3 is 2.30 bits per heavy atom.